The first-order chi connectivity index (χ1) is 11.2. The van der Waals surface area contributed by atoms with Crippen LogP contribution in [0.3, 0.4) is 0 Å². The summed E-state index contributed by atoms with van der Waals surface area (Å²) in [6.07, 6.45) is 2.34. The lowest BCUT2D eigenvalue weighted by Gasteiger charge is -2.11. The number of fused-ring (bicyclic) bond motifs is 1. The quantitative estimate of drug-likeness (QED) is 0.517. The van der Waals surface area contributed by atoms with Crippen LogP contribution >= 0.6 is 0 Å². The maximum atomic E-state index is 11.6. The first-order valence-corrected chi connectivity index (χ1v) is 6.95. The summed E-state index contributed by atoms with van der Waals surface area (Å²) in [7, 11) is 0. The molecule has 6 nitrogen and oxygen atoms in total. The first-order valence-electron chi connectivity index (χ1n) is 6.95. The van der Waals surface area contributed by atoms with E-state index >= 15 is 0 Å². The Kier molecular flexibility index (Phi) is 4.07. The fourth-order valence-corrected chi connectivity index (χ4v) is 2.33. The topological polar surface area (TPSA) is 78.9 Å². The Morgan fingerprint density at radius 2 is 2.00 bits per heavy atom. The van der Waals surface area contributed by atoms with Crippen molar-refractivity contribution in [1.29, 1.82) is 0 Å². The summed E-state index contributed by atoms with van der Waals surface area (Å²) >= 11 is 0. The molecule has 2 aromatic rings. The second-order valence-corrected chi connectivity index (χ2v) is 5.00. The molecule has 116 valence electrons. The van der Waals surface area contributed by atoms with Gasteiger partial charge in [-0.3, -0.25) is 14.8 Å². The maximum Gasteiger partial charge on any atom is 0.274 e. The number of benzene rings is 2. The Balaban J connectivity index is 2.04. The van der Waals surface area contributed by atoms with E-state index in [-0.39, 0.29) is 5.56 Å². The van der Waals surface area contributed by atoms with E-state index in [1.54, 1.807) is 23.8 Å². The van der Waals surface area contributed by atoms with Crippen LogP contribution in [0.2, 0.25) is 0 Å². The minimum atomic E-state index is -0.627. The third-order valence-corrected chi connectivity index (χ3v) is 3.48. The smallest absolute Gasteiger partial charge is 0.274 e. The largest absolute Gasteiger partial charge is 0.455 e. The van der Waals surface area contributed by atoms with Gasteiger partial charge in [0, 0.05) is 16.7 Å². The molecule has 0 fully saturated rings. The highest BCUT2D eigenvalue weighted by Crippen LogP contribution is 2.30. The number of carbonyl (C=O) groups excluding carboxylic acids is 2. The summed E-state index contributed by atoms with van der Waals surface area (Å²) in [5.74, 6) is 0.335. The zero-order valence-electron chi connectivity index (χ0n) is 12.1. The molecule has 0 unspecified atom stereocenters. The Morgan fingerprint density at radius 1 is 1.22 bits per heavy atom. The van der Waals surface area contributed by atoms with Crippen molar-refractivity contribution in [3.63, 3.8) is 0 Å². The molecule has 0 aromatic heterocycles. The molecule has 2 N–H and O–H groups in total. The van der Waals surface area contributed by atoms with Crippen LogP contribution in [0.5, 0.6) is 5.75 Å². The van der Waals surface area contributed by atoms with Gasteiger partial charge in [0.2, 0.25) is 6.41 Å². The van der Waals surface area contributed by atoms with Gasteiger partial charge in [0.25, 0.3) is 5.91 Å². The van der Waals surface area contributed by atoms with Crippen LogP contribution in [0, 0.1) is 0 Å². The van der Waals surface area contributed by atoms with Gasteiger partial charge in [-0.2, -0.15) is 0 Å². The fraction of sp³-hybridized carbons (Fsp3) is 0.0588. The standard InChI is InChI=1S/C17H14N2O4/c20-11-19-9-14-7-6-13(17(21)18-22)8-15(14)23-16(10-19)12-4-2-1-3-5-12/h1-8,10-11,22H,9H2,(H,18,21). The molecular weight excluding hydrogens is 296 g/mol. The Labute approximate surface area is 132 Å². The lowest BCUT2D eigenvalue weighted by Crippen LogP contribution is -2.18. The van der Waals surface area contributed by atoms with Gasteiger partial charge in [0.05, 0.1) is 12.7 Å². The SMILES string of the molecule is O=CN1C=C(c2ccccc2)Oc2cc(C(=O)NO)ccc2C1. The number of amides is 2. The van der Waals surface area contributed by atoms with E-state index in [0.29, 0.717) is 18.1 Å². The molecule has 0 atom stereocenters. The zero-order valence-corrected chi connectivity index (χ0v) is 12.1. The summed E-state index contributed by atoms with van der Waals surface area (Å²) in [6.45, 7) is 0.330. The second kappa shape index (κ2) is 6.33. The third kappa shape index (κ3) is 3.07. The van der Waals surface area contributed by atoms with Crippen molar-refractivity contribution in [1.82, 2.24) is 10.4 Å². The molecular formula is C17H14N2O4. The van der Waals surface area contributed by atoms with E-state index in [4.69, 9.17) is 9.94 Å². The van der Waals surface area contributed by atoms with Crippen molar-refractivity contribution in [3.8, 4) is 5.75 Å². The Bertz CT molecular complexity index is 771. The van der Waals surface area contributed by atoms with Gasteiger partial charge in [0.1, 0.15) is 5.75 Å². The minimum absolute atomic E-state index is 0.262. The minimum Gasteiger partial charge on any atom is -0.455 e. The van der Waals surface area contributed by atoms with Gasteiger partial charge >= 0.3 is 0 Å². The molecule has 2 aromatic carbocycles. The van der Waals surface area contributed by atoms with E-state index in [0.717, 1.165) is 17.5 Å². The highest BCUT2D eigenvalue weighted by Gasteiger charge is 2.18. The molecule has 0 saturated carbocycles. The lowest BCUT2D eigenvalue weighted by molar-refractivity contribution is -0.116. The maximum absolute atomic E-state index is 11.6. The van der Waals surface area contributed by atoms with E-state index < -0.39 is 5.91 Å². The number of rotatable bonds is 3. The predicted octanol–water partition coefficient (Wildman–Crippen LogP) is 2.16. The van der Waals surface area contributed by atoms with Crippen molar-refractivity contribution >= 4 is 18.1 Å². The third-order valence-electron chi connectivity index (χ3n) is 3.48. The molecule has 0 bridgehead atoms. The lowest BCUT2D eigenvalue weighted by atomic mass is 10.1. The monoisotopic (exact) mass is 310 g/mol. The average Bonchev–Trinajstić information content (AvgIpc) is 2.80. The van der Waals surface area contributed by atoms with E-state index in [2.05, 4.69) is 0 Å². The van der Waals surface area contributed by atoms with Gasteiger partial charge in [-0.25, -0.2) is 5.48 Å². The summed E-state index contributed by atoms with van der Waals surface area (Å²) in [5, 5.41) is 8.75. The van der Waals surface area contributed by atoms with E-state index in [1.165, 1.54) is 11.0 Å². The molecule has 0 spiro atoms. The molecule has 6 heteroatoms. The van der Waals surface area contributed by atoms with Crippen LogP contribution in [0.15, 0.2) is 54.7 Å². The predicted molar refractivity (Wildman–Crippen MR) is 82.3 cm³/mol. The number of nitrogens with zero attached hydrogens (tertiary/aromatic N) is 1. The molecule has 0 radical (unpaired) electrons. The van der Waals surface area contributed by atoms with Crippen LogP contribution in [-0.2, 0) is 11.3 Å². The molecule has 3 rings (SSSR count). The van der Waals surface area contributed by atoms with Crippen molar-refractivity contribution in [2.75, 3.05) is 0 Å². The van der Waals surface area contributed by atoms with Crippen molar-refractivity contribution in [3.05, 3.63) is 71.4 Å². The summed E-state index contributed by atoms with van der Waals surface area (Å²) in [6, 6.07) is 14.1. The summed E-state index contributed by atoms with van der Waals surface area (Å²) in [4.78, 5) is 24.3. The van der Waals surface area contributed by atoms with Crippen molar-refractivity contribution in [2.45, 2.75) is 6.54 Å². The number of ether oxygens (including phenoxy) is 1. The zero-order chi connectivity index (χ0) is 16.2. The number of nitrogens with one attached hydrogen (secondary N) is 1. The number of carbonyl (C=O) groups is 2. The van der Waals surface area contributed by atoms with Gasteiger partial charge in [-0.15, -0.1) is 0 Å². The average molecular weight is 310 g/mol. The van der Waals surface area contributed by atoms with Gasteiger partial charge < -0.3 is 9.64 Å². The van der Waals surface area contributed by atoms with E-state index in [9.17, 15) is 9.59 Å². The van der Waals surface area contributed by atoms with Crippen LogP contribution < -0.4 is 10.2 Å². The van der Waals surface area contributed by atoms with E-state index in [1.807, 2.05) is 30.3 Å². The fourth-order valence-electron chi connectivity index (χ4n) is 2.33. The number of hydrogen-bond donors (Lipinski definition) is 2. The Morgan fingerprint density at radius 3 is 2.70 bits per heavy atom. The summed E-state index contributed by atoms with van der Waals surface area (Å²) < 4.78 is 5.91. The summed E-state index contributed by atoms with van der Waals surface area (Å²) in [5.41, 5.74) is 3.42. The van der Waals surface area contributed by atoms with Gasteiger partial charge in [-0.05, 0) is 12.1 Å². The molecule has 23 heavy (non-hydrogen) atoms. The van der Waals surface area contributed by atoms with Crippen LogP contribution in [0.25, 0.3) is 5.76 Å². The molecule has 2 amide bonds. The van der Waals surface area contributed by atoms with Crippen LogP contribution in [0.4, 0.5) is 0 Å². The molecule has 0 aliphatic carbocycles. The van der Waals surface area contributed by atoms with Gasteiger partial charge in [-0.1, -0.05) is 36.4 Å². The molecule has 1 aliphatic rings. The second-order valence-electron chi connectivity index (χ2n) is 5.00. The molecule has 0 saturated heterocycles. The molecule has 1 heterocycles. The van der Waals surface area contributed by atoms with Crippen LogP contribution in [0.1, 0.15) is 21.5 Å². The highest BCUT2D eigenvalue weighted by molar-refractivity contribution is 5.94. The van der Waals surface area contributed by atoms with Crippen molar-refractivity contribution in [2.24, 2.45) is 0 Å². The molecule has 1 aliphatic heterocycles. The van der Waals surface area contributed by atoms with Gasteiger partial charge in [0.15, 0.2) is 5.76 Å². The highest BCUT2D eigenvalue weighted by atomic mass is 16.5. The van der Waals surface area contributed by atoms with Crippen LogP contribution in [-0.4, -0.2) is 22.4 Å². The first kappa shape index (κ1) is 14.8. The Hall–Kier alpha value is -3.12. The number of hydroxylamine groups is 1. The normalized spacial score (nSPS) is 13.3. The van der Waals surface area contributed by atoms with Crippen molar-refractivity contribution < 1.29 is 19.5 Å². The number of hydrogen-bond acceptors (Lipinski definition) is 4.